The van der Waals surface area contributed by atoms with Gasteiger partial charge in [-0.2, -0.15) is 26.3 Å². The predicted molar refractivity (Wildman–Crippen MR) is 15.9 cm³/mol. The maximum absolute atomic E-state index is 11.3. The van der Waals surface area contributed by atoms with Gasteiger partial charge in [-0.15, -0.1) is 0 Å². The first-order valence-electron chi connectivity index (χ1n) is 2.03. The third-order valence-electron chi connectivity index (χ3n) is 0.729. The van der Waals surface area contributed by atoms with Crippen LogP contribution in [0.3, 0.4) is 0 Å². The molecule has 0 amide bonds. The van der Waals surface area contributed by atoms with Crippen molar-refractivity contribution in [2.24, 2.45) is 0 Å². The van der Waals surface area contributed by atoms with E-state index in [0.29, 0.717) is 0 Å². The molecule has 0 atom stereocenters. The zero-order chi connectivity index (χ0) is 9.50. The van der Waals surface area contributed by atoms with Gasteiger partial charge in [0.1, 0.15) is 0 Å². The molecule has 1 nitrogen and oxygen atoms in total. The number of hydrogen-bond acceptors (Lipinski definition) is 1. The number of rotatable bonds is 0. The average Bonchev–Trinajstić information content (AvgIpc) is 1.58. The molecule has 0 N–H and O–H groups in total. The molecule has 0 aromatic carbocycles. The smallest absolute Gasteiger partial charge is 0.811 e. The minimum atomic E-state index is -6.47. The Labute approximate surface area is 83.8 Å². The Hall–Kier alpha value is 0.470. The molecule has 0 aliphatic carbocycles. The van der Waals surface area contributed by atoms with E-state index in [0.717, 1.165) is 0 Å². The van der Waals surface area contributed by atoms with Crippen molar-refractivity contribution < 1.29 is 65.4 Å². The van der Waals surface area contributed by atoms with E-state index in [1.165, 1.54) is 0 Å². The van der Waals surface area contributed by atoms with Crippen molar-refractivity contribution in [1.82, 2.24) is 0 Å². The summed E-state index contributed by atoms with van der Waals surface area (Å²) in [5, 5.41) is 9.23. The van der Waals surface area contributed by atoms with Crippen molar-refractivity contribution >= 4 is 0 Å². The van der Waals surface area contributed by atoms with Crippen LogP contribution in [-0.2, 0) is 0 Å². The molecule has 0 aromatic heterocycles. The Kier molecular flexibility index (Phi) is 4.60. The third kappa shape index (κ3) is 2.75. The van der Waals surface area contributed by atoms with Gasteiger partial charge in [0.2, 0.25) is 5.85 Å². The monoisotopic (exact) mass is 208 g/mol. The number of hydrogen-bond donors (Lipinski definition) is 0. The molecule has 0 aliphatic heterocycles. The topological polar surface area (TPSA) is 23.1 Å². The zero-order valence-corrected chi connectivity index (χ0v) is 7.55. The molecule has 0 aromatic rings. The Morgan fingerprint density at radius 2 is 0.833 bits per heavy atom. The van der Waals surface area contributed by atoms with Crippen LogP contribution in [0, 0.1) is 0 Å². The van der Waals surface area contributed by atoms with Gasteiger partial charge in [0, 0.05) is 0 Å². The van der Waals surface area contributed by atoms with Crippen molar-refractivity contribution in [3.8, 4) is 0 Å². The van der Waals surface area contributed by atoms with E-state index in [2.05, 4.69) is 0 Å². The van der Waals surface area contributed by atoms with Crippen LogP contribution in [0.1, 0.15) is 0 Å². The second-order valence-electron chi connectivity index (χ2n) is 1.59. The van der Waals surface area contributed by atoms with Gasteiger partial charge >= 0.3 is 41.9 Å². The Balaban J connectivity index is 0. The Morgan fingerprint density at radius 3 is 0.833 bits per heavy atom. The van der Waals surface area contributed by atoms with Gasteiger partial charge in [-0.3, -0.25) is 0 Å². The molecule has 0 aliphatic rings. The predicted octanol–water partition coefficient (Wildman–Crippen LogP) is -1.86. The summed E-state index contributed by atoms with van der Waals surface area (Å²) in [5.74, 6) is -6.38. The van der Waals surface area contributed by atoms with Gasteiger partial charge in [0.05, 0.1) is 0 Å². The Bertz CT molecular complexity index is 130. The number of alkyl halides is 7. The molecule has 0 unspecified atom stereocenters. The fourth-order valence-corrected chi connectivity index (χ4v) is 0.161. The summed E-state index contributed by atoms with van der Waals surface area (Å²) >= 11 is 0. The molecule has 0 rings (SSSR count). The van der Waals surface area contributed by atoms with Crippen LogP contribution >= 0.6 is 0 Å². The van der Waals surface area contributed by atoms with Crippen molar-refractivity contribution in [1.29, 1.82) is 0 Å². The van der Waals surface area contributed by atoms with Crippen LogP contribution in [0.15, 0.2) is 0 Å². The van der Waals surface area contributed by atoms with Gasteiger partial charge in [-0.05, 0) is 0 Å². The van der Waals surface area contributed by atoms with E-state index >= 15 is 0 Å². The quantitative estimate of drug-likeness (QED) is 0.338. The first kappa shape index (κ1) is 15.0. The first-order valence-corrected chi connectivity index (χ1v) is 2.03. The summed E-state index contributed by atoms with van der Waals surface area (Å²) in [7, 11) is 0. The van der Waals surface area contributed by atoms with E-state index in [9.17, 15) is 35.8 Å². The Morgan fingerprint density at radius 1 is 0.667 bits per heavy atom. The summed E-state index contributed by atoms with van der Waals surface area (Å²) < 4.78 is 76.8. The fraction of sp³-hybridized carbons (Fsp3) is 1.00. The zero-order valence-electron chi connectivity index (χ0n) is 5.55. The minimum Gasteiger partial charge on any atom is -0.811 e. The van der Waals surface area contributed by atoms with Crippen molar-refractivity contribution in [2.45, 2.75) is 18.2 Å². The largest absolute Gasteiger partial charge is 1.00 e. The fourth-order valence-electron chi connectivity index (χ4n) is 0.161. The summed E-state index contributed by atoms with van der Waals surface area (Å²) in [5.41, 5.74) is 0. The molecule has 12 heavy (non-hydrogen) atoms. The molecule has 0 bridgehead atoms. The van der Waals surface area contributed by atoms with Crippen molar-refractivity contribution in [2.75, 3.05) is 0 Å². The van der Waals surface area contributed by atoms with Crippen LogP contribution in [0.25, 0.3) is 0 Å². The van der Waals surface area contributed by atoms with Crippen LogP contribution in [0.5, 0.6) is 0 Å². The molecule has 0 saturated heterocycles. The van der Waals surface area contributed by atoms with Gasteiger partial charge < -0.3 is 5.11 Å². The summed E-state index contributed by atoms with van der Waals surface area (Å²) in [6.45, 7) is 0. The maximum atomic E-state index is 11.3. The molecule has 0 spiro atoms. The third-order valence-corrected chi connectivity index (χ3v) is 0.729. The van der Waals surface area contributed by atoms with Gasteiger partial charge in [-0.1, -0.05) is 0 Å². The van der Waals surface area contributed by atoms with Crippen LogP contribution in [0.2, 0.25) is 0 Å². The SMILES string of the molecule is [Na+].[O-]C(F)(C(F)(F)F)C(F)(F)F. The van der Waals surface area contributed by atoms with Crippen molar-refractivity contribution in [3.05, 3.63) is 0 Å². The summed E-state index contributed by atoms with van der Waals surface area (Å²) in [6.07, 6.45) is -12.9. The average molecular weight is 208 g/mol. The van der Waals surface area contributed by atoms with Crippen LogP contribution in [0.4, 0.5) is 30.7 Å². The van der Waals surface area contributed by atoms with Crippen LogP contribution < -0.4 is 34.7 Å². The molecule has 0 saturated carbocycles. The van der Waals surface area contributed by atoms with Crippen molar-refractivity contribution in [3.63, 3.8) is 0 Å². The van der Waals surface area contributed by atoms with E-state index < -0.39 is 18.2 Å². The van der Waals surface area contributed by atoms with E-state index in [-0.39, 0.29) is 29.6 Å². The van der Waals surface area contributed by atoms with Gasteiger partial charge in [0.15, 0.2) is 0 Å². The van der Waals surface area contributed by atoms with Crippen LogP contribution in [-0.4, -0.2) is 18.2 Å². The first-order chi connectivity index (χ1) is 4.50. The standard InChI is InChI=1S/C3F7O.Na/c4-1(11,2(5,6)7)3(8,9)10;/q-1;+1. The second-order valence-corrected chi connectivity index (χ2v) is 1.59. The molecule has 68 valence electrons. The molecule has 9 heteroatoms. The molecular formula is C3F7NaO. The van der Waals surface area contributed by atoms with E-state index in [1.807, 2.05) is 0 Å². The van der Waals surface area contributed by atoms with Gasteiger partial charge in [0.25, 0.3) is 0 Å². The van der Waals surface area contributed by atoms with E-state index in [1.54, 1.807) is 0 Å². The molecule has 0 heterocycles. The summed E-state index contributed by atoms with van der Waals surface area (Å²) in [4.78, 5) is 0. The van der Waals surface area contributed by atoms with E-state index in [4.69, 9.17) is 0 Å². The van der Waals surface area contributed by atoms with Gasteiger partial charge in [-0.25, -0.2) is 4.39 Å². The number of halogens is 7. The molecule has 0 fully saturated rings. The summed E-state index contributed by atoms with van der Waals surface area (Å²) in [6, 6.07) is 0. The normalized spacial score (nSPS) is 14.0. The maximum Gasteiger partial charge on any atom is 1.00 e. The molecule has 0 radical (unpaired) electrons. The minimum absolute atomic E-state index is 0. The second kappa shape index (κ2) is 3.69. The molecular weight excluding hydrogens is 208 g/mol.